The first kappa shape index (κ1) is 24.1. The first-order valence-electron chi connectivity index (χ1n) is 7.96. The first-order chi connectivity index (χ1) is 11.6. The number of rotatable bonds is 8. The van der Waals surface area contributed by atoms with E-state index in [4.69, 9.17) is 4.74 Å². The van der Waals surface area contributed by atoms with Gasteiger partial charge in [-0.05, 0) is 43.9 Å². The third kappa shape index (κ3) is 7.52. The lowest BCUT2D eigenvalue weighted by Crippen LogP contribution is -2.37. The van der Waals surface area contributed by atoms with Crippen LogP contribution in [0.15, 0.2) is 54.6 Å². The highest BCUT2D eigenvalue weighted by Crippen LogP contribution is 2.22. The highest BCUT2D eigenvalue weighted by molar-refractivity contribution is 5.85. The molecule has 1 amide bonds. The quantitative estimate of drug-likeness (QED) is 0.714. The minimum atomic E-state index is -0.0337. The molecule has 1 atom stereocenters. The van der Waals surface area contributed by atoms with Gasteiger partial charge in [-0.3, -0.25) is 4.79 Å². The number of nitrogens with one attached hydrogen (secondary N) is 2. The van der Waals surface area contributed by atoms with Gasteiger partial charge in [-0.2, -0.15) is 0 Å². The summed E-state index contributed by atoms with van der Waals surface area (Å²) in [6.45, 7) is 0.789. The van der Waals surface area contributed by atoms with Crippen molar-refractivity contribution in [3.63, 3.8) is 0 Å². The molecule has 0 spiro atoms. The van der Waals surface area contributed by atoms with Gasteiger partial charge in [0.2, 0.25) is 5.91 Å². The number of nitrogens with zero attached hydrogens (tertiary/aromatic N) is 1. The zero-order valence-electron chi connectivity index (χ0n) is 15.3. The predicted octanol–water partition coefficient (Wildman–Crippen LogP) is 3.37. The molecule has 2 aromatic rings. The fourth-order valence-corrected chi connectivity index (χ4v) is 2.46. The number of carbonyl (C=O) groups is 1. The maximum absolute atomic E-state index is 12.1. The summed E-state index contributed by atoms with van der Waals surface area (Å²) in [6, 6.07) is 17.7. The van der Waals surface area contributed by atoms with E-state index in [1.165, 1.54) is 0 Å². The zero-order valence-corrected chi connectivity index (χ0v) is 16.9. The Labute approximate surface area is 167 Å². The molecule has 5 nitrogen and oxygen atoms in total. The third-order valence-electron chi connectivity index (χ3n) is 3.82. The van der Waals surface area contributed by atoms with E-state index < -0.39 is 0 Å². The fraction of sp³-hybridized carbons (Fsp3) is 0.316. The van der Waals surface area contributed by atoms with Crippen molar-refractivity contribution in [1.82, 2.24) is 10.2 Å². The van der Waals surface area contributed by atoms with Gasteiger partial charge in [0.15, 0.2) is 0 Å². The second kappa shape index (κ2) is 12.4. The lowest BCUT2D eigenvalue weighted by atomic mass is 10.1. The molecule has 0 aliphatic carbocycles. The third-order valence-corrected chi connectivity index (χ3v) is 3.82. The average molecular weight is 400 g/mol. The Morgan fingerprint density at radius 3 is 2.38 bits per heavy atom. The smallest absolute Gasteiger partial charge is 0.239 e. The Kier molecular flexibility index (Phi) is 11.5. The summed E-state index contributed by atoms with van der Waals surface area (Å²) in [5.41, 5.74) is 2.04. The minimum Gasteiger partial charge on any atom is -0.497 e. The lowest BCUT2D eigenvalue weighted by Gasteiger charge is -2.25. The van der Waals surface area contributed by atoms with E-state index in [0.29, 0.717) is 6.54 Å². The van der Waals surface area contributed by atoms with Crippen LogP contribution in [-0.4, -0.2) is 45.1 Å². The molecular weight excluding hydrogens is 373 g/mol. The van der Waals surface area contributed by atoms with E-state index in [9.17, 15) is 4.79 Å². The van der Waals surface area contributed by atoms with Crippen molar-refractivity contribution in [1.29, 1.82) is 0 Å². The zero-order chi connectivity index (χ0) is 17.4. The van der Waals surface area contributed by atoms with Crippen LogP contribution in [0.25, 0.3) is 0 Å². The summed E-state index contributed by atoms with van der Waals surface area (Å²) >= 11 is 0. The van der Waals surface area contributed by atoms with Gasteiger partial charge in [-0.1, -0.05) is 30.3 Å². The number of methoxy groups -OCH3 is 1. The van der Waals surface area contributed by atoms with Gasteiger partial charge >= 0.3 is 0 Å². The summed E-state index contributed by atoms with van der Waals surface area (Å²) in [7, 11) is 5.65. The standard InChI is InChI=1S/C19H25N3O2.2ClH/c1-22(2)18(15-8-7-11-17(12-15)24-3)13-21-19(23)14-20-16-9-5-4-6-10-16;;/h4-12,18,20H,13-14H2,1-3H3,(H,21,23);2*1H. The first-order valence-corrected chi connectivity index (χ1v) is 7.96. The fourth-order valence-electron chi connectivity index (χ4n) is 2.46. The van der Waals surface area contributed by atoms with Crippen LogP contribution in [0.3, 0.4) is 0 Å². The summed E-state index contributed by atoms with van der Waals surface area (Å²) in [5, 5.41) is 6.10. The Morgan fingerprint density at radius 2 is 1.77 bits per heavy atom. The van der Waals surface area contributed by atoms with E-state index in [0.717, 1.165) is 17.0 Å². The normalized spacial score (nSPS) is 10.9. The Hall–Kier alpha value is -1.95. The van der Waals surface area contributed by atoms with E-state index in [1.807, 2.05) is 68.7 Å². The maximum atomic E-state index is 12.1. The van der Waals surface area contributed by atoms with Crippen LogP contribution < -0.4 is 15.4 Å². The summed E-state index contributed by atoms with van der Waals surface area (Å²) < 4.78 is 5.28. The molecule has 0 aliphatic heterocycles. The van der Waals surface area contributed by atoms with Crippen molar-refractivity contribution < 1.29 is 9.53 Å². The average Bonchev–Trinajstić information content (AvgIpc) is 2.61. The molecule has 1 unspecified atom stereocenters. The Balaban J connectivity index is 0.00000312. The van der Waals surface area contributed by atoms with E-state index in [1.54, 1.807) is 7.11 Å². The number of halogens is 2. The van der Waals surface area contributed by atoms with Gasteiger partial charge < -0.3 is 20.3 Å². The van der Waals surface area contributed by atoms with Crippen molar-refractivity contribution in [3.8, 4) is 5.75 Å². The second-order valence-electron chi connectivity index (χ2n) is 5.78. The SMILES string of the molecule is COc1cccc(C(CNC(=O)CNc2ccccc2)N(C)C)c1.Cl.Cl. The van der Waals surface area contributed by atoms with Gasteiger partial charge in [0.25, 0.3) is 0 Å². The van der Waals surface area contributed by atoms with Crippen LogP contribution in [0, 0.1) is 0 Å². The van der Waals surface area contributed by atoms with Gasteiger partial charge in [0.1, 0.15) is 5.75 Å². The molecule has 0 bridgehead atoms. The molecule has 0 aliphatic rings. The van der Waals surface area contributed by atoms with Crippen LogP contribution in [0.5, 0.6) is 5.75 Å². The van der Waals surface area contributed by atoms with Crippen molar-refractivity contribution in [2.24, 2.45) is 0 Å². The van der Waals surface area contributed by atoms with Gasteiger partial charge in [0.05, 0.1) is 19.7 Å². The van der Waals surface area contributed by atoms with Crippen LogP contribution in [0.4, 0.5) is 5.69 Å². The summed E-state index contributed by atoms with van der Waals surface area (Å²) in [6.07, 6.45) is 0. The number of hydrogen-bond acceptors (Lipinski definition) is 4. The highest BCUT2D eigenvalue weighted by atomic mass is 35.5. The number of anilines is 1. The highest BCUT2D eigenvalue weighted by Gasteiger charge is 2.15. The summed E-state index contributed by atoms with van der Waals surface area (Å²) in [4.78, 5) is 14.2. The van der Waals surface area contributed by atoms with Gasteiger partial charge in [-0.25, -0.2) is 0 Å². The van der Waals surface area contributed by atoms with Crippen LogP contribution in [0.1, 0.15) is 11.6 Å². The van der Waals surface area contributed by atoms with Crippen molar-refractivity contribution >= 4 is 36.4 Å². The van der Waals surface area contributed by atoms with E-state index >= 15 is 0 Å². The van der Waals surface area contributed by atoms with E-state index in [-0.39, 0.29) is 43.3 Å². The summed E-state index contributed by atoms with van der Waals surface area (Å²) in [5.74, 6) is 0.782. The molecule has 0 fully saturated rings. The van der Waals surface area contributed by atoms with Gasteiger partial charge in [0, 0.05) is 12.2 Å². The van der Waals surface area contributed by atoms with Crippen molar-refractivity contribution in [2.45, 2.75) is 6.04 Å². The number of amides is 1. The molecule has 0 saturated carbocycles. The molecule has 0 heterocycles. The number of likely N-dealkylation sites (N-methyl/N-ethyl adjacent to an activating group) is 1. The maximum Gasteiger partial charge on any atom is 0.239 e. The number of hydrogen-bond donors (Lipinski definition) is 2. The number of benzene rings is 2. The molecule has 2 aromatic carbocycles. The van der Waals surface area contributed by atoms with Crippen LogP contribution in [-0.2, 0) is 4.79 Å². The molecule has 0 radical (unpaired) electrons. The largest absolute Gasteiger partial charge is 0.497 e. The molecule has 2 N–H and O–H groups in total. The topological polar surface area (TPSA) is 53.6 Å². The molecule has 144 valence electrons. The van der Waals surface area contributed by atoms with Crippen molar-refractivity contribution in [3.05, 3.63) is 60.2 Å². The molecule has 26 heavy (non-hydrogen) atoms. The molecule has 0 aromatic heterocycles. The molecule has 7 heteroatoms. The van der Waals surface area contributed by atoms with E-state index in [2.05, 4.69) is 15.5 Å². The molecule has 2 rings (SSSR count). The Bertz CT molecular complexity index is 654. The van der Waals surface area contributed by atoms with Crippen LogP contribution in [0.2, 0.25) is 0 Å². The number of ether oxygens (including phenoxy) is 1. The molecular formula is C19H27Cl2N3O2. The number of para-hydroxylation sites is 1. The van der Waals surface area contributed by atoms with Gasteiger partial charge in [-0.15, -0.1) is 24.8 Å². The molecule has 0 saturated heterocycles. The van der Waals surface area contributed by atoms with Crippen LogP contribution >= 0.6 is 24.8 Å². The predicted molar refractivity (Wildman–Crippen MR) is 112 cm³/mol. The minimum absolute atomic E-state index is 0. The number of carbonyl (C=O) groups excluding carboxylic acids is 1. The second-order valence-corrected chi connectivity index (χ2v) is 5.78. The Morgan fingerprint density at radius 1 is 1.08 bits per heavy atom. The monoisotopic (exact) mass is 399 g/mol. The van der Waals surface area contributed by atoms with Crippen molar-refractivity contribution in [2.75, 3.05) is 39.6 Å². The lowest BCUT2D eigenvalue weighted by molar-refractivity contribution is -0.119.